The molecular weight excluding hydrogens is 471 g/mol. The molecule has 0 radical (unpaired) electrons. The van der Waals surface area contributed by atoms with Crippen molar-refractivity contribution in [2.75, 3.05) is 40.4 Å². The lowest BCUT2D eigenvalue weighted by Gasteiger charge is -2.15. The number of aliphatic imine (C=N–C) groups is 1. The Morgan fingerprint density at radius 1 is 1.36 bits per heavy atom. The molecule has 0 atom stereocenters. The number of guanidine groups is 1. The first-order valence-corrected chi connectivity index (χ1v) is 9.94. The maximum absolute atomic E-state index is 11.8. The van der Waals surface area contributed by atoms with E-state index in [1.165, 1.54) is 25.7 Å². The van der Waals surface area contributed by atoms with Crippen LogP contribution in [0.4, 0.5) is 0 Å². The van der Waals surface area contributed by atoms with Crippen LogP contribution in [0.3, 0.4) is 0 Å². The van der Waals surface area contributed by atoms with Crippen molar-refractivity contribution < 1.29 is 9.53 Å². The molecule has 0 aromatic carbocycles. The topological polar surface area (TPSA) is 83.8 Å². The monoisotopic (exact) mass is 506 g/mol. The number of carbonyl (C=O) groups excluding carboxylic acids is 1. The van der Waals surface area contributed by atoms with Crippen molar-refractivity contribution >= 4 is 35.8 Å². The molecule has 1 amide bonds. The minimum absolute atomic E-state index is 0. The third kappa shape index (κ3) is 8.76. The van der Waals surface area contributed by atoms with E-state index >= 15 is 0 Å². The summed E-state index contributed by atoms with van der Waals surface area (Å²) in [5.74, 6) is 0.626. The van der Waals surface area contributed by atoms with Gasteiger partial charge in [0, 0.05) is 40.1 Å². The molecule has 0 bridgehead atoms. The van der Waals surface area contributed by atoms with Gasteiger partial charge >= 0.3 is 0 Å². The van der Waals surface area contributed by atoms with Crippen molar-refractivity contribution in [2.45, 2.75) is 51.6 Å². The molecule has 1 aromatic heterocycles. The molecule has 0 spiro atoms. The van der Waals surface area contributed by atoms with Gasteiger partial charge in [0.25, 0.3) is 0 Å². The lowest BCUT2D eigenvalue weighted by Crippen LogP contribution is -2.43. The second-order valence-corrected chi connectivity index (χ2v) is 7.01. The van der Waals surface area contributed by atoms with Crippen LogP contribution >= 0.6 is 24.0 Å². The molecule has 1 fully saturated rings. The van der Waals surface area contributed by atoms with Gasteiger partial charge in [-0.15, -0.1) is 24.0 Å². The van der Waals surface area contributed by atoms with Gasteiger partial charge in [0.2, 0.25) is 5.91 Å². The molecule has 1 heterocycles. The Bertz CT molecular complexity index is 599. The van der Waals surface area contributed by atoms with Gasteiger partial charge in [0.1, 0.15) is 0 Å². The van der Waals surface area contributed by atoms with E-state index in [2.05, 4.69) is 31.6 Å². The average molecular weight is 506 g/mol. The van der Waals surface area contributed by atoms with Crippen molar-refractivity contribution in [3.8, 4) is 0 Å². The van der Waals surface area contributed by atoms with E-state index < -0.39 is 0 Å². The van der Waals surface area contributed by atoms with Crippen LogP contribution in [0.15, 0.2) is 17.3 Å². The molecular formula is C19H35IN6O2. The van der Waals surface area contributed by atoms with Crippen molar-refractivity contribution in [3.05, 3.63) is 18.0 Å². The number of rotatable bonds is 10. The molecule has 0 unspecified atom stereocenters. The molecule has 1 aliphatic carbocycles. The summed E-state index contributed by atoms with van der Waals surface area (Å²) in [6.45, 7) is 4.84. The van der Waals surface area contributed by atoms with Crippen molar-refractivity contribution in [1.29, 1.82) is 0 Å². The third-order valence-electron chi connectivity index (χ3n) is 4.63. The number of aromatic nitrogens is 2. The fraction of sp³-hybridized carbons (Fsp3) is 0.737. The van der Waals surface area contributed by atoms with E-state index in [1.54, 1.807) is 19.0 Å². The third-order valence-corrected chi connectivity index (χ3v) is 4.63. The van der Waals surface area contributed by atoms with Gasteiger partial charge in [-0.2, -0.15) is 5.10 Å². The summed E-state index contributed by atoms with van der Waals surface area (Å²) in [5.41, 5.74) is 0.941. The zero-order chi connectivity index (χ0) is 19.5. The van der Waals surface area contributed by atoms with E-state index in [9.17, 15) is 4.79 Å². The lowest BCUT2D eigenvalue weighted by molar-refractivity contribution is -0.127. The highest BCUT2D eigenvalue weighted by molar-refractivity contribution is 14.0. The maximum atomic E-state index is 11.8. The summed E-state index contributed by atoms with van der Waals surface area (Å²) in [7, 11) is 3.48. The van der Waals surface area contributed by atoms with Gasteiger partial charge in [-0.05, 0) is 32.3 Å². The number of hydrogen-bond acceptors (Lipinski definition) is 4. The van der Waals surface area contributed by atoms with Gasteiger partial charge < -0.3 is 20.3 Å². The normalized spacial score (nSPS) is 14.6. The van der Waals surface area contributed by atoms with Crippen LogP contribution in [0, 0.1) is 0 Å². The first-order chi connectivity index (χ1) is 13.1. The van der Waals surface area contributed by atoms with Crippen LogP contribution in [0.2, 0.25) is 0 Å². The number of nitrogens with one attached hydrogen (secondary N) is 2. The Morgan fingerprint density at radius 3 is 2.79 bits per heavy atom. The number of halogens is 1. The molecule has 1 aromatic rings. The predicted octanol–water partition coefficient (Wildman–Crippen LogP) is 2.17. The van der Waals surface area contributed by atoms with E-state index in [0.717, 1.165) is 25.3 Å². The Labute approximate surface area is 185 Å². The lowest BCUT2D eigenvalue weighted by atomic mass is 10.3. The highest BCUT2D eigenvalue weighted by Gasteiger charge is 2.17. The van der Waals surface area contributed by atoms with E-state index in [1.807, 2.05) is 13.0 Å². The predicted molar refractivity (Wildman–Crippen MR) is 122 cm³/mol. The number of likely N-dealkylation sites (N-methyl/N-ethyl adjacent to an activating group) is 1. The maximum Gasteiger partial charge on any atom is 0.241 e. The minimum Gasteiger partial charge on any atom is -0.382 e. The minimum atomic E-state index is 0. The number of nitrogens with zero attached hydrogens (tertiary/aromatic N) is 4. The molecule has 8 nitrogen and oxygen atoms in total. The van der Waals surface area contributed by atoms with Crippen LogP contribution in [0.25, 0.3) is 0 Å². The standard InChI is InChI=1S/C19H34N6O2.HI/c1-4-27-13-7-11-20-19(22-15-18(26)24(2)3)21-14-16-10-12-25(23-16)17-8-5-6-9-17;/h10,12,17H,4-9,11,13-15H2,1-3H3,(H2,20,21,22);1H. The molecule has 0 saturated heterocycles. The molecule has 28 heavy (non-hydrogen) atoms. The molecule has 1 aliphatic rings. The highest BCUT2D eigenvalue weighted by atomic mass is 127. The second-order valence-electron chi connectivity index (χ2n) is 7.01. The number of hydrogen-bond donors (Lipinski definition) is 2. The molecule has 160 valence electrons. The average Bonchev–Trinajstić information content (AvgIpc) is 3.34. The summed E-state index contributed by atoms with van der Waals surface area (Å²) in [6.07, 6.45) is 7.94. The highest BCUT2D eigenvalue weighted by Crippen LogP contribution is 2.28. The first-order valence-electron chi connectivity index (χ1n) is 9.94. The smallest absolute Gasteiger partial charge is 0.241 e. The van der Waals surface area contributed by atoms with Gasteiger partial charge in [0.05, 0.1) is 24.8 Å². The van der Waals surface area contributed by atoms with Crippen LogP contribution in [0.5, 0.6) is 0 Å². The number of ether oxygens (including phenoxy) is 1. The SMILES string of the molecule is CCOCCCNC(=NCc1ccn(C2CCCC2)n1)NCC(=O)N(C)C.I. The summed E-state index contributed by atoms with van der Waals surface area (Å²) < 4.78 is 7.43. The fourth-order valence-corrected chi connectivity index (χ4v) is 3.01. The Balaban J connectivity index is 0.00000392. The Hall–Kier alpha value is -1.36. The first kappa shape index (κ1) is 24.7. The van der Waals surface area contributed by atoms with E-state index in [-0.39, 0.29) is 36.4 Å². The van der Waals surface area contributed by atoms with Crippen LogP contribution < -0.4 is 10.6 Å². The second kappa shape index (κ2) is 13.8. The molecule has 9 heteroatoms. The van der Waals surface area contributed by atoms with E-state index in [4.69, 9.17) is 4.74 Å². The summed E-state index contributed by atoms with van der Waals surface area (Å²) in [4.78, 5) is 18.0. The van der Waals surface area contributed by atoms with Gasteiger partial charge in [-0.25, -0.2) is 4.99 Å². The van der Waals surface area contributed by atoms with Gasteiger partial charge in [0.15, 0.2) is 5.96 Å². The van der Waals surface area contributed by atoms with Gasteiger partial charge in [-0.1, -0.05) is 12.8 Å². The number of carbonyl (C=O) groups is 1. The number of amides is 1. The molecule has 2 rings (SSSR count). The van der Waals surface area contributed by atoms with Crippen LogP contribution in [-0.2, 0) is 16.1 Å². The molecule has 2 N–H and O–H groups in total. The molecule has 0 aliphatic heterocycles. The summed E-state index contributed by atoms with van der Waals surface area (Å²) in [5, 5.41) is 11.0. The zero-order valence-corrected chi connectivity index (χ0v) is 19.6. The molecule has 1 saturated carbocycles. The van der Waals surface area contributed by atoms with Gasteiger partial charge in [-0.3, -0.25) is 9.48 Å². The van der Waals surface area contributed by atoms with Crippen molar-refractivity contribution in [1.82, 2.24) is 25.3 Å². The van der Waals surface area contributed by atoms with E-state index in [0.29, 0.717) is 25.2 Å². The largest absolute Gasteiger partial charge is 0.382 e. The van der Waals surface area contributed by atoms with Crippen molar-refractivity contribution in [3.63, 3.8) is 0 Å². The van der Waals surface area contributed by atoms with Crippen molar-refractivity contribution in [2.24, 2.45) is 4.99 Å². The fourth-order valence-electron chi connectivity index (χ4n) is 3.01. The van der Waals surface area contributed by atoms with Crippen LogP contribution in [-0.4, -0.2) is 66.9 Å². The Morgan fingerprint density at radius 2 is 2.11 bits per heavy atom. The zero-order valence-electron chi connectivity index (χ0n) is 17.3. The summed E-state index contributed by atoms with van der Waals surface area (Å²) in [6, 6.07) is 2.56. The Kier molecular flexibility index (Phi) is 12.1. The van der Waals surface area contributed by atoms with Crippen LogP contribution in [0.1, 0.15) is 50.8 Å². The summed E-state index contributed by atoms with van der Waals surface area (Å²) >= 11 is 0. The quantitative estimate of drug-likeness (QED) is 0.220.